The van der Waals surface area contributed by atoms with Gasteiger partial charge in [-0.25, -0.2) is 4.79 Å². The number of carbonyl (C=O) groups excluding carboxylic acids is 1. The van der Waals surface area contributed by atoms with Crippen LogP contribution < -0.4 is 0 Å². The van der Waals surface area contributed by atoms with Crippen LogP contribution in [0.2, 0.25) is 0 Å². The summed E-state index contributed by atoms with van der Waals surface area (Å²) in [5, 5.41) is 0. The Morgan fingerprint density at radius 3 is 2.12 bits per heavy atom. The van der Waals surface area contributed by atoms with Crippen LogP contribution in [0.4, 0.5) is 0 Å². The predicted octanol–water partition coefficient (Wildman–Crippen LogP) is 4.74. The fraction of sp³-hybridized carbons (Fsp3) is 0.800. The molecule has 0 aromatic rings. The molecule has 102 valence electrons. The van der Waals surface area contributed by atoms with Crippen molar-refractivity contribution < 1.29 is 9.53 Å². The van der Waals surface area contributed by atoms with Crippen molar-refractivity contribution in [3.05, 3.63) is 12.7 Å². The molecule has 0 aliphatic carbocycles. The average Bonchev–Trinajstić information content (AvgIpc) is 2.26. The first-order valence-corrected chi connectivity index (χ1v) is 6.64. The molecule has 0 aromatic carbocycles. The van der Waals surface area contributed by atoms with Crippen molar-refractivity contribution >= 4 is 5.97 Å². The summed E-state index contributed by atoms with van der Waals surface area (Å²) in [6, 6.07) is 0. The normalized spacial score (nSPS) is 10.5. The van der Waals surface area contributed by atoms with E-state index in [1.54, 1.807) is 0 Å². The fourth-order valence-electron chi connectivity index (χ4n) is 0.999. The molecule has 2 nitrogen and oxygen atoms in total. The highest BCUT2D eigenvalue weighted by Crippen LogP contribution is 2.13. The van der Waals surface area contributed by atoms with Gasteiger partial charge in [0.15, 0.2) is 0 Å². The molecule has 0 spiro atoms. The van der Waals surface area contributed by atoms with Crippen LogP contribution in [0.25, 0.3) is 0 Å². The smallest absolute Gasteiger partial charge is 0.330 e. The summed E-state index contributed by atoms with van der Waals surface area (Å²) in [5.74, 6) is 0.548. The van der Waals surface area contributed by atoms with Crippen LogP contribution in [-0.4, -0.2) is 11.6 Å². The number of hydrogen-bond donors (Lipinski definition) is 0. The Hall–Kier alpha value is -0.790. The van der Waals surface area contributed by atoms with Gasteiger partial charge in [0.2, 0.25) is 0 Å². The molecule has 0 atom stereocenters. The largest absolute Gasteiger partial charge is 0.457 e. The van der Waals surface area contributed by atoms with Crippen molar-refractivity contribution in [2.24, 2.45) is 5.92 Å². The van der Waals surface area contributed by atoms with Crippen LogP contribution in [-0.2, 0) is 9.53 Å². The summed E-state index contributed by atoms with van der Waals surface area (Å²) in [4.78, 5) is 10.6. The van der Waals surface area contributed by atoms with E-state index in [4.69, 9.17) is 4.74 Å². The quantitative estimate of drug-likeness (QED) is 0.497. The molecule has 0 unspecified atom stereocenters. The SMILES string of the molecule is C=CC(=O)OC(C)(C)CC.CCCCC(C)C. The third-order valence-corrected chi connectivity index (χ3v) is 2.53. The Labute approximate surface area is 107 Å². The van der Waals surface area contributed by atoms with Crippen LogP contribution >= 0.6 is 0 Å². The molecule has 0 radical (unpaired) electrons. The van der Waals surface area contributed by atoms with Crippen LogP contribution in [0.5, 0.6) is 0 Å². The zero-order valence-corrected chi connectivity index (χ0v) is 12.5. The lowest BCUT2D eigenvalue weighted by atomic mass is 10.1. The van der Waals surface area contributed by atoms with E-state index in [0.29, 0.717) is 0 Å². The minimum atomic E-state index is -0.356. The Morgan fingerprint density at radius 2 is 1.88 bits per heavy atom. The average molecular weight is 242 g/mol. The minimum Gasteiger partial charge on any atom is -0.457 e. The third kappa shape index (κ3) is 15.2. The second-order valence-electron chi connectivity index (χ2n) is 5.27. The molecule has 0 aliphatic heterocycles. The van der Waals surface area contributed by atoms with E-state index in [1.807, 2.05) is 20.8 Å². The monoisotopic (exact) mass is 242 g/mol. The maximum absolute atomic E-state index is 10.6. The summed E-state index contributed by atoms with van der Waals surface area (Å²) in [7, 11) is 0. The Kier molecular flexibility index (Phi) is 11.3. The molecule has 0 bridgehead atoms. The molecule has 0 aromatic heterocycles. The van der Waals surface area contributed by atoms with Crippen molar-refractivity contribution in [3.63, 3.8) is 0 Å². The van der Waals surface area contributed by atoms with Crippen molar-refractivity contribution in [3.8, 4) is 0 Å². The van der Waals surface area contributed by atoms with E-state index in [9.17, 15) is 4.79 Å². The molecule has 2 heteroatoms. The summed E-state index contributed by atoms with van der Waals surface area (Å²) < 4.78 is 4.98. The second kappa shape index (κ2) is 10.4. The lowest BCUT2D eigenvalue weighted by Crippen LogP contribution is -2.25. The molecule has 0 fully saturated rings. The molecular weight excluding hydrogens is 212 g/mol. The topological polar surface area (TPSA) is 26.3 Å². The van der Waals surface area contributed by atoms with Gasteiger partial charge in [0, 0.05) is 6.08 Å². The first-order valence-electron chi connectivity index (χ1n) is 6.64. The van der Waals surface area contributed by atoms with Gasteiger partial charge >= 0.3 is 5.97 Å². The number of rotatable bonds is 6. The Bertz CT molecular complexity index is 205. The lowest BCUT2D eigenvalue weighted by Gasteiger charge is -2.21. The van der Waals surface area contributed by atoms with E-state index in [1.165, 1.54) is 25.3 Å². The zero-order valence-electron chi connectivity index (χ0n) is 12.5. The first-order chi connectivity index (χ1) is 7.79. The number of ether oxygens (including phenoxy) is 1. The van der Waals surface area contributed by atoms with Gasteiger partial charge in [-0.3, -0.25) is 0 Å². The van der Waals surface area contributed by atoms with Crippen molar-refractivity contribution in [2.45, 2.75) is 72.8 Å². The Morgan fingerprint density at radius 1 is 1.35 bits per heavy atom. The van der Waals surface area contributed by atoms with Gasteiger partial charge in [-0.2, -0.15) is 0 Å². The van der Waals surface area contributed by atoms with Gasteiger partial charge in [0.1, 0.15) is 5.60 Å². The minimum absolute atomic E-state index is 0.355. The molecule has 0 heterocycles. The zero-order chi connectivity index (χ0) is 13.9. The van der Waals surface area contributed by atoms with Crippen LogP contribution in [0.3, 0.4) is 0 Å². The molecule has 0 rings (SSSR count). The van der Waals surface area contributed by atoms with Crippen molar-refractivity contribution in [1.29, 1.82) is 0 Å². The van der Waals surface area contributed by atoms with Gasteiger partial charge in [0.05, 0.1) is 0 Å². The highest BCUT2D eigenvalue weighted by Gasteiger charge is 2.17. The van der Waals surface area contributed by atoms with Crippen LogP contribution in [0.1, 0.15) is 67.2 Å². The molecule has 0 aliphatic rings. The van der Waals surface area contributed by atoms with Crippen molar-refractivity contribution in [1.82, 2.24) is 0 Å². The van der Waals surface area contributed by atoms with Crippen molar-refractivity contribution in [2.75, 3.05) is 0 Å². The number of hydrogen-bond acceptors (Lipinski definition) is 2. The summed E-state index contributed by atoms with van der Waals surface area (Å²) >= 11 is 0. The summed E-state index contributed by atoms with van der Waals surface area (Å²) in [5.41, 5.74) is -0.356. The highest BCUT2D eigenvalue weighted by molar-refractivity contribution is 5.81. The number of carbonyl (C=O) groups is 1. The van der Waals surface area contributed by atoms with E-state index < -0.39 is 0 Å². The van der Waals surface area contributed by atoms with Gasteiger partial charge in [-0.05, 0) is 26.2 Å². The van der Waals surface area contributed by atoms with E-state index in [0.717, 1.165) is 12.3 Å². The predicted molar refractivity (Wildman–Crippen MR) is 75.0 cm³/mol. The Balaban J connectivity index is 0. The second-order valence-corrected chi connectivity index (χ2v) is 5.27. The lowest BCUT2D eigenvalue weighted by molar-refractivity contribution is -0.150. The molecule has 0 amide bonds. The molecule has 17 heavy (non-hydrogen) atoms. The number of esters is 1. The third-order valence-electron chi connectivity index (χ3n) is 2.53. The van der Waals surface area contributed by atoms with Gasteiger partial charge in [-0.1, -0.05) is 53.5 Å². The first kappa shape index (κ1) is 18.6. The van der Waals surface area contributed by atoms with E-state index in [-0.39, 0.29) is 11.6 Å². The summed E-state index contributed by atoms with van der Waals surface area (Å²) in [6.07, 6.45) is 6.14. The fourth-order valence-corrected chi connectivity index (χ4v) is 0.999. The number of unbranched alkanes of at least 4 members (excludes halogenated alkanes) is 1. The molecular formula is C15H30O2. The maximum Gasteiger partial charge on any atom is 0.330 e. The molecule has 0 saturated heterocycles. The van der Waals surface area contributed by atoms with Crippen LogP contribution in [0, 0.1) is 5.92 Å². The molecule has 0 N–H and O–H groups in total. The molecule has 0 saturated carbocycles. The standard InChI is InChI=1S/C8H14O2.C7H16/c1-5-7(9)10-8(3,4)6-2;1-4-5-6-7(2)3/h5H,1,6H2,2-4H3;7H,4-6H2,1-3H3. The van der Waals surface area contributed by atoms with E-state index >= 15 is 0 Å². The highest BCUT2D eigenvalue weighted by atomic mass is 16.6. The van der Waals surface area contributed by atoms with Gasteiger partial charge in [-0.15, -0.1) is 0 Å². The van der Waals surface area contributed by atoms with E-state index in [2.05, 4.69) is 27.4 Å². The van der Waals surface area contributed by atoms with Gasteiger partial charge in [0.25, 0.3) is 0 Å². The van der Waals surface area contributed by atoms with Gasteiger partial charge < -0.3 is 4.74 Å². The van der Waals surface area contributed by atoms with Crippen LogP contribution in [0.15, 0.2) is 12.7 Å². The maximum atomic E-state index is 10.6. The summed E-state index contributed by atoms with van der Waals surface area (Å²) in [6.45, 7) is 15.8.